The van der Waals surface area contributed by atoms with Crippen LogP contribution in [0.3, 0.4) is 0 Å². The van der Waals surface area contributed by atoms with Crippen molar-refractivity contribution in [2.24, 2.45) is 10.9 Å². The fourth-order valence-electron chi connectivity index (χ4n) is 2.47. The van der Waals surface area contributed by atoms with Gasteiger partial charge in [-0.1, -0.05) is 31.7 Å². The van der Waals surface area contributed by atoms with Crippen molar-refractivity contribution in [1.82, 2.24) is 10.6 Å². The molecule has 0 aliphatic carbocycles. The van der Waals surface area contributed by atoms with Crippen molar-refractivity contribution >= 4 is 34.4 Å². The minimum atomic E-state index is -0.409. The van der Waals surface area contributed by atoms with E-state index in [1.807, 2.05) is 26.0 Å². The number of hydrogen-bond acceptors (Lipinski definition) is 4. The predicted octanol–water partition coefficient (Wildman–Crippen LogP) is 3.07. The topological polar surface area (TPSA) is 70.6 Å². The quantitative estimate of drug-likeness (QED) is 0.831. The molecule has 2 rings (SSSR count). The monoisotopic (exact) mass is 347 g/mol. The lowest BCUT2D eigenvalue weighted by molar-refractivity contribution is -0.125. The average molecular weight is 347 g/mol. The third kappa shape index (κ3) is 5.67. The normalized spacial score (nSPS) is 19.0. The zero-order valence-electron chi connectivity index (χ0n) is 14.7. The maximum Gasteiger partial charge on any atom is 0.240 e. The van der Waals surface area contributed by atoms with Gasteiger partial charge >= 0.3 is 0 Å². The number of amidine groups is 1. The highest BCUT2D eigenvalue weighted by atomic mass is 32.2. The van der Waals surface area contributed by atoms with Crippen LogP contribution in [0.2, 0.25) is 0 Å². The van der Waals surface area contributed by atoms with E-state index >= 15 is 0 Å². The van der Waals surface area contributed by atoms with E-state index in [9.17, 15) is 9.59 Å². The van der Waals surface area contributed by atoms with Crippen LogP contribution in [0.5, 0.6) is 0 Å². The molecule has 1 aliphatic heterocycles. The van der Waals surface area contributed by atoms with Gasteiger partial charge in [-0.05, 0) is 49.4 Å². The van der Waals surface area contributed by atoms with E-state index in [4.69, 9.17) is 0 Å². The number of nitrogens with zero attached hydrogens (tertiary/aromatic N) is 1. The highest BCUT2D eigenvalue weighted by molar-refractivity contribution is 8.15. The zero-order chi connectivity index (χ0) is 17.7. The van der Waals surface area contributed by atoms with Crippen molar-refractivity contribution in [3.8, 4) is 0 Å². The predicted molar refractivity (Wildman–Crippen MR) is 99.6 cm³/mol. The standard InChI is InChI=1S/C18H25N3O2S/c1-11(2)5-6-19-16(22)10-15-17(23)21-18(24-15)20-14-8-12(3)7-13(4)9-14/h7-9,11,15H,5-6,10H2,1-4H3,(H,19,22)(H,20,21,23)/t15-/m0/s1. The minimum absolute atomic E-state index is 0.0871. The first-order chi connectivity index (χ1) is 11.3. The Hall–Kier alpha value is -1.82. The Bertz CT molecular complexity index is 635. The lowest BCUT2D eigenvalue weighted by Crippen LogP contribution is -2.32. The smallest absolute Gasteiger partial charge is 0.240 e. The number of amides is 2. The zero-order valence-corrected chi connectivity index (χ0v) is 15.5. The van der Waals surface area contributed by atoms with Crippen molar-refractivity contribution in [2.75, 3.05) is 6.54 Å². The molecule has 0 bridgehead atoms. The first-order valence-corrected chi connectivity index (χ1v) is 9.12. The van der Waals surface area contributed by atoms with Crippen LogP contribution in [-0.2, 0) is 9.59 Å². The minimum Gasteiger partial charge on any atom is -0.356 e. The number of aliphatic imine (C=N–C) groups is 1. The Labute approximate surface area is 147 Å². The van der Waals surface area contributed by atoms with Gasteiger partial charge in [0.05, 0.1) is 5.69 Å². The van der Waals surface area contributed by atoms with Crippen molar-refractivity contribution in [3.05, 3.63) is 29.3 Å². The second-order valence-electron chi connectivity index (χ2n) is 6.60. The molecular weight excluding hydrogens is 322 g/mol. The van der Waals surface area contributed by atoms with Gasteiger partial charge in [-0.15, -0.1) is 0 Å². The van der Waals surface area contributed by atoms with Crippen LogP contribution in [0, 0.1) is 19.8 Å². The van der Waals surface area contributed by atoms with Crippen LogP contribution in [0.25, 0.3) is 0 Å². The second-order valence-corrected chi connectivity index (χ2v) is 7.79. The van der Waals surface area contributed by atoms with Gasteiger partial charge in [-0.2, -0.15) is 0 Å². The van der Waals surface area contributed by atoms with E-state index in [0.29, 0.717) is 17.6 Å². The highest BCUT2D eigenvalue weighted by Crippen LogP contribution is 2.26. The third-order valence-electron chi connectivity index (χ3n) is 3.63. The third-order valence-corrected chi connectivity index (χ3v) is 4.71. The Morgan fingerprint density at radius 3 is 2.58 bits per heavy atom. The molecule has 0 saturated carbocycles. The van der Waals surface area contributed by atoms with E-state index in [1.54, 1.807) is 0 Å². The van der Waals surface area contributed by atoms with Crippen molar-refractivity contribution in [3.63, 3.8) is 0 Å². The summed E-state index contributed by atoms with van der Waals surface area (Å²) in [5.41, 5.74) is 3.08. The number of carbonyl (C=O) groups excluding carboxylic acids is 2. The lowest BCUT2D eigenvalue weighted by Gasteiger charge is -2.08. The number of nitrogens with one attached hydrogen (secondary N) is 2. The molecule has 1 aliphatic rings. The van der Waals surface area contributed by atoms with Crippen LogP contribution in [-0.4, -0.2) is 28.8 Å². The summed E-state index contributed by atoms with van der Waals surface area (Å²) >= 11 is 1.32. The molecule has 1 fully saturated rings. The summed E-state index contributed by atoms with van der Waals surface area (Å²) in [5, 5.41) is 5.79. The van der Waals surface area contributed by atoms with E-state index < -0.39 is 5.25 Å². The van der Waals surface area contributed by atoms with Crippen molar-refractivity contribution in [2.45, 2.75) is 45.8 Å². The fraction of sp³-hybridized carbons (Fsp3) is 0.500. The summed E-state index contributed by atoms with van der Waals surface area (Å²) in [6.45, 7) is 8.91. The van der Waals surface area contributed by atoms with Gasteiger partial charge in [0.25, 0.3) is 0 Å². The average Bonchev–Trinajstić information content (AvgIpc) is 2.76. The van der Waals surface area contributed by atoms with Crippen LogP contribution in [0.15, 0.2) is 23.2 Å². The molecule has 1 aromatic rings. The number of rotatable bonds is 6. The molecule has 1 aromatic carbocycles. The Morgan fingerprint density at radius 2 is 1.96 bits per heavy atom. The number of thioether (sulfide) groups is 1. The number of carbonyl (C=O) groups is 2. The molecule has 1 saturated heterocycles. The molecule has 0 unspecified atom stereocenters. The molecule has 6 heteroatoms. The summed E-state index contributed by atoms with van der Waals surface area (Å²) < 4.78 is 0. The summed E-state index contributed by atoms with van der Waals surface area (Å²) in [4.78, 5) is 28.5. The molecule has 1 atom stereocenters. The summed E-state index contributed by atoms with van der Waals surface area (Å²) in [6, 6.07) is 6.02. The molecule has 0 radical (unpaired) electrons. The van der Waals surface area contributed by atoms with Crippen molar-refractivity contribution < 1.29 is 9.59 Å². The van der Waals surface area contributed by atoms with Gasteiger partial charge in [0, 0.05) is 13.0 Å². The number of aryl methyl sites for hydroxylation is 2. The maximum atomic E-state index is 12.0. The summed E-state index contributed by atoms with van der Waals surface area (Å²) in [7, 11) is 0. The van der Waals surface area contributed by atoms with Gasteiger partial charge in [0.15, 0.2) is 5.17 Å². The first kappa shape index (κ1) is 18.5. The molecular formula is C18H25N3O2S. The van der Waals surface area contributed by atoms with Gasteiger partial charge in [-0.3, -0.25) is 9.59 Å². The molecule has 0 aromatic heterocycles. The molecule has 2 amide bonds. The van der Waals surface area contributed by atoms with Gasteiger partial charge < -0.3 is 10.6 Å². The van der Waals surface area contributed by atoms with E-state index in [-0.39, 0.29) is 18.2 Å². The second kappa shape index (κ2) is 8.33. The highest BCUT2D eigenvalue weighted by Gasteiger charge is 2.32. The van der Waals surface area contributed by atoms with Gasteiger partial charge in [0.2, 0.25) is 11.8 Å². The molecule has 130 valence electrons. The molecule has 24 heavy (non-hydrogen) atoms. The summed E-state index contributed by atoms with van der Waals surface area (Å²) in [5.74, 6) is 0.309. The Morgan fingerprint density at radius 1 is 1.29 bits per heavy atom. The van der Waals surface area contributed by atoms with Crippen LogP contribution >= 0.6 is 11.8 Å². The lowest BCUT2D eigenvalue weighted by atomic mass is 10.1. The van der Waals surface area contributed by atoms with Gasteiger partial charge in [0.1, 0.15) is 5.25 Å². The van der Waals surface area contributed by atoms with Crippen LogP contribution in [0.1, 0.15) is 37.8 Å². The van der Waals surface area contributed by atoms with Crippen LogP contribution < -0.4 is 10.6 Å². The molecule has 2 N–H and O–H groups in total. The Balaban J connectivity index is 1.93. The van der Waals surface area contributed by atoms with E-state index in [2.05, 4.69) is 35.5 Å². The summed E-state index contributed by atoms with van der Waals surface area (Å²) in [6.07, 6.45) is 1.12. The number of benzene rings is 1. The SMILES string of the molecule is Cc1cc(C)cc(N=C2NC(=O)[C@H](CC(=O)NCCC(C)C)S2)c1. The molecule has 1 heterocycles. The molecule has 0 spiro atoms. The largest absolute Gasteiger partial charge is 0.356 e. The fourth-order valence-corrected chi connectivity index (χ4v) is 3.45. The van der Waals surface area contributed by atoms with E-state index in [0.717, 1.165) is 23.2 Å². The maximum absolute atomic E-state index is 12.0. The first-order valence-electron chi connectivity index (χ1n) is 8.24. The Kier molecular flexibility index (Phi) is 6.43. The molecule has 5 nitrogen and oxygen atoms in total. The van der Waals surface area contributed by atoms with Gasteiger partial charge in [-0.25, -0.2) is 4.99 Å². The van der Waals surface area contributed by atoms with Crippen LogP contribution in [0.4, 0.5) is 5.69 Å². The van der Waals surface area contributed by atoms with Crippen molar-refractivity contribution in [1.29, 1.82) is 0 Å². The number of hydrogen-bond donors (Lipinski definition) is 2. The van der Waals surface area contributed by atoms with E-state index in [1.165, 1.54) is 11.8 Å².